The molecule has 4 nitrogen and oxygen atoms in total. The summed E-state index contributed by atoms with van der Waals surface area (Å²) in [5.41, 5.74) is -0.681. The van der Waals surface area contributed by atoms with Gasteiger partial charge in [-0.05, 0) is 32.6 Å². The number of nitrogens with one attached hydrogen (secondary N) is 1. The molecule has 1 aliphatic carbocycles. The van der Waals surface area contributed by atoms with E-state index in [0.29, 0.717) is 25.4 Å². The van der Waals surface area contributed by atoms with Gasteiger partial charge in [0.05, 0.1) is 0 Å². The lowest BCUT2D eigenvalue weighted by atomic mass is 9.82. The van der Waals surface area contributed by atoms with Crippen LogP contribution in [0.25, 0.3) is 0 Å². The molecule has 0 radical (unpaired) electrons. The first-order chi connectivity index (χ1) is 7.51. The van der Waals surface area contributed by atoms with Crippen molar-refractivity contribution in [2.45, 2.75) is 45.1 Å². The monoisotopic (exact) mass is 224 g/mol. The Balaban J connectivity index is 2.00. The van der Waals surface area contributed by atoms with Gasteiger partial charge in [0.1, 0.15) is 5.54 Å². The van der Waals surface area contributed by atoms with E-state index in [1.807, 2.05) is 13.8 Å². The van der Waals surface area contributed by atoms with Crippen LogP contribution in [0, 0.1) is 5.92 Å². The Bertz CT molecular complexity index is 308. The first-order valence-corrected chi connectivity index (χ1v) is 6.10. The quantitative estimate of drug-likeness (QED) is 0.758. The van der Waals surface area contributed by atoms with Gasteiger partial charge in [0.25, 0.3) is 0 Å². The van der Waals surface area contributed by atoms with Crippen LogP contribution in [0.1, 0.15) is 39.5 Å². The van der Waals surface area contributed by atoms with Crippen LogP contribution < -0.4 is 5.32 Å². The molecular formula is C12H20N2O2. The summed E-state index contributed by atoms with van der Waals surface area (Å²) in [5, 5.41) is 2.81. The summed E-state index contributed by atoms with van der Waals surface area (Å²) in [4.78, 5) is 25.5. The molecule has 0 bridgehead atoms. The molecule has 1 N–H and O–H groups in total. The van der Waals surface area contributed by atoms with Crippen LogP contribution in [0.4, 0.5) is 0 Å². The molecule has 2 rings (SSSR count). The minimum atomic E-state index is -0.681. The molecule has 0 unspecified atom stereocenters. The summed E-state index contributed by atoms with van der Waals surface area (Å²) in [6, 6.07) is 0. The van der Waals surface area contributed by atoms with E-state index in [4.69, 9.17) is 0 Å². The lowest BCUT2D eigenvalue weighted by Crippen LogP contribution is -2.63. The Hall–Kier alpha value is -1.06. The highest BCUT2D eigenvalue weighted by Crippen LogP contribution is 2.31. The zero-order valence-corrected chi connectivity index (χ0v) is 10.1. The molecule has 2 amide bonds. The van der Waals surface area contributed by atoms with Gasteiger partial charge in [-0.1, -0.05) is 6.42 Å². The topological polar surface area (TPSA) is 49.4 Å². The molecule has 2 aliphatic rings. The summed E-state index contributed by atoms with van der Waals surface area (Å²) in [6.45, 7) is 4.86. The molecule has 1 saturated carbocycles. The fraction of sp³-hybridized carbons (Fsp3) is 0.833. The van der Waals surface area contributed by atoms with Crippen LogP contribution >= 0.6 is 0 Å². The second-order valence-corrected chi connectivity index (χ2v) is 5.36. The summed E-state index contributed by atoms with van der Waals surface area (Å²) < 4.78 is 0. The van der Waals surface area contributed by atoms with Crippen molar-refractivity contribution < 1.29 is 9.59 Å². The highest BCUT2D eigenvalue weighted by Gasteiger charge is 2.40. The highest BCUT2D eigenvalue weighted by atomic mass is 16.2. The normalized spacial score (nSPS) is 24.9. The molecule has 0 aromatic rings. The third kappa shape index (κ3) is 1.93. The van der Waals surface area contributed by atoms with Gasteiger partial charge >= 0.3 is 0 Å². The van der Waals surface area contributed by atoms with Crippen molar-refractivity contribution in [1.29, 1.82) is 0 Å². The van der Waals surface area contributed by atoms with E-state index in [1.165, 1.54) is 19.3 Å². The third-order valence-electron chi connectivity index (χ3n) is 3.84. The second-order valence-electron chi connectivity index (χ2n) is 5.36. The number of nitrogens with zero attached hydrogens (tertiary/aromatic N) is 1. The fourth-order valence-electron chi connectivity index (χ4n) is 2.39. The van der Waals surface area contributed by atoms with E-state index < -0.39 is 5.54 Å². The van der Waals surface area contributed by atoms with Gasteiger partial charge in [-0.25, -0.2) is 0 Å². The Morgan fingerprint density at radius 1 is 1.50 bits per heavy atom. The highest BCUT2D eigenvalue weighted by molar-refractivity contribution is 5.91. The molecule has 0 spiro atoms. The van der Waals surface area contributed by atoms with Crippen LogP contribution in [0.5, 0.6) is 0 Å². The number of carbonyl (C=O) groups excluding carboxylic acids is 2. The van der Waals surface area contributed by atoms with Gasteiger partial charge in [0.2, 0.25) is 11.8 Å². The smallest absolute Gasteiger partial charge is 0.245 e. The molecule has 0 aromatic carbocycles. The number of hydrogen-bond acceptors (Lipinski definition) is 2. The number of amides is 2. The molecule has 1 aliphatic heterocycles. The lowest BCUT2D eigenvalue weighted by Gasteiger charge is -2.42. The Labute approximate surface area is 96.4 Å². The summed E-state index contributed by atoms with van der Waals surface area (Å²) in [5.74, 6) is 0.665. The van der Waals surface area contributed by atoms with Crippen LogP contribution in [-0.2, 0) is 9.59 Å². The van der Waals surface area contributed by atoms with Crippen molar-refractivity contribution in [2.75, 3.05) is 13.1 Å². The first-order valence-electron chi connectivity index (χ1n) is 6.10. The number of rotatable bonds is 2. The maximum absolute atomic E-state index is 12.1. The minimum Gasteiger partial charge on any atom is -0.352 e. The average Bonchev–Trinajstić information content (AvgIpc) is 2.15. The minimum absolute atomic E-state index is 0.0410. The van der Waals surface area contributed by atoms with Gasteiger partial charge in [0.15, 0.2) is 0 Å². The SMILES string of the molecule is CC1(C)C(=O)NCCN1C(=O)CC1CCC1. The van der Waals surface area contributed by atoms with Crippen LogP contribution in [0.15, 0.2) is 0 Å². The van der Waals surface area contributed by atoms with E-state index in [-0.39, 0.29) is 11.8 Å². The van der Waals surface area contributed by atoms with Crippen molar-refractivity contribution in [3.05, 3.63) is 0 Å². The molecule has 90 valence electrons. The van der Waals surface area contributed by atoms with Crippen molar-refractivity contribution in [3.63, 3.8) is 0 Å². The van der Waals surface area contributed by atoms with Crippen molar-refractivity contribution >= 4 is 11.8 Å². The molecule has 4 heteroatoms. The van der Waals surface area contributed by atoms with Gasteiger partial charge in [-0.2, -0.15) is 0 Å². The Morgan fingerprint density at radius 2 is 2.19 bits per heavy atom. The van der Waals surface area contributed by atoms with Gasteiger partial charge in [-0.15, -0.1) is 0 Å². The molecule has 0 atom stereocenters. The zero-order chi connectivity index (χ0) is 11.8. The molecule has 0 aromatic heterocycles. The molecule has 1 saturated heterocycles. The molecule has 2 fully saturated rings. The van der Waals surface area contributed by atoms with Gasteiger partial charge in [-0.3, -0.25) is 9.59 Å². The largest absolute Gasteiger partial charge is 0.352 e. The van der Waals surface area contributed by atoms with E-state index in [2.05, 4.69) is 5.32 Å². The predicted molar refractivity (Wildman–Crippen MR) is 60.8 cm³/mol. The molecule has 1 heterocycles. The maximum Gasteiger partial charge on any atom is 0.245 e. The van der Waals surface area contributed by atoms with Crippen molar-refractivity contribution in [2.24, 2.45) is 5.92 Å². The lowest BCUT2D eigenvalue weighted by molar-refractivity contribution is -0.150. The summed E-state index contributed by atoms with van der Waals surface area (Å²) in [6.07, 6.45) is 4.22. The standard InChI is InChI=1S/C12H20N2O2/c1-12(2)11(16)13-6-7-14(12)10(15)8-9-4-3-5-9/h9H,3-8H2,1-2H3,(H,13,16). The third-order valence-corrected chi connectivity index (χ3v) is 3.84. The molecule has 16 heavy (non-hydrogen) atoms. The van der Waals surface area contributed by atoms with Crippen LogP contribution in [0.3, 0.4) is 0 Å². The number of piperazine rings is 1. The number of hydrogen-bond donors (Lipinski definition) is 1. The number of carbonyl (C=O) groups is 2. The Kier molecular flexibility index (Phi) is 2.91. The van der Waals surface area contributed by atoms with Crippen molar-refractivity contribution in [3.8, 4) is 0 Å². The summed E-state index contributed by atoms with van der Waals surface area (Å²) >= 11 is 0. The predicted octanol–water partition coefficient (Wildman–Crippen LogP) is 0.914. The average molecular weight is 224 g/mol. The van der Waals surface area contributed by atoms with Gasteiger partial charge in [0, 0.05) is 19.5 Å². The van der Waals surface area contributed by atoms with E-state index in [0.717, 1.165) is 0 Å². The van der Waals surface area contributed by atoms with Crippen LogP contribution in [-0.4, -0.2) is 35.3 Å². The fourth-order valence-corrected chi connectivity index (χ4v) is 2.39. The van der Waals surface area contributed by atoms with E-state index in [1.54, 1.807) is 4.90 Å². The van der Waals surface area contributed by atoms with E-state index in [9.17, 15) is 9.59 Å². The van der Waals surface area contributed by atoms with Gasteiger partial charge < -0.3 is 10.2 Å². The van der Waals surface area contributed by atoms with Crippen LogP contribution in [0.2, 0.25) is 0 Å². The van der Waals surface area contributed by atoms with E-state index >= 15 is 0 Å². The summed E-state index contributed by atoms with van der Waals surface area (Å²) in [7, 11) is 0. The Morgan fingerprint density at radius 3 is 2.75 bits per heavy atom. The van der Waals surface area contributed by atoms with Crippen molar-refractivity contribution in [1.82, 2.24) is 10.2 Å². The second kappa shape index (κ2) is 4.07. The zero-order valence-electron chi connectivity index (χ0n) is 10.1. The first kappa shape index (κ1) is 11.4. The molecular weight excluding hydrogens is 204 g/mol. The maximum atomic E-state index is 12.1.